The van der Waals surface area contributed by atoms with Gasteiger partial charge in [0.05, 0.1) is 29.3 Å². The lowest BCUT2D eigenvalue weighted by molar-refractivity contribution is -0.274. The van der Waals surface area contributed by atoms with E-state index in [1.54, 1.807) is 0 Å². The van der Waals surface area contributed by atoms with E-state index in [1.165, 1.54) is 12.4 Å². The predicted molar refractivity (Wildman–Crippen MR) is 74.8 cm³/mol. The summed E-state index contributed by atoms with van der Waals surface area (Å²) in [5.41, 5.74) is 10.4. The van der Waals surface area contributed by atoms with E-state index >= 15 is 0 Å². The molecule has 0 radical (unpaired) electrons. The molecule has 0 saturated heterocycles. The SMILES string of the molecule is NC(=O)c1ccc(OC(F)(F)F)c(N)c1-c1cnc(Br)cn1. The summed E-state index contributed by atoms with van der Waals surface area (Å²) in [6.45, 7) is 0. The smallest absolute Gasteiger partial charge is 0.404 e. The van der Waals surface area contributed by atoms with Crippen molar-refractivity contribution in [3.05, 3.63) is 34.7 Å². The number of anilines is 1. The number of nitrogen functional groups attached to an aromatic ring is 1. The fourth-order valence-corrected chi connectivity index (χ4v) is 1.94. The lowest BCUT2D eigenvalue weighted by Gasteiger charge is -2.15. The van der Waals surface area contributed by atoms with E-state index in [4.69, 9.17) is 11.5 Å². The first-order valence-electron chi connectivity index (χ1n) is 5.65. The molecular formula is C12H8BrF3N4O2. The Labute approximate surface area is 130 Å². The number of rotatable bonds is 3. The van der Waals surface area contributed by atoms with Gasteiger partial charge in [-0.3, -0.25) is 9.78 Å². The van der Waals surface area contributed by atoms with Gasteiger partial charge >= 0.3 is 6.36 Å². The van der Waals surface area contributed by atoms with Crippen LogP contribution in [0.5, 0.6) is 5.75 Å². The van der Waals surface area contributed by atoms with Crippen LogP contribution in [0.4, 0.5) is 18.9 Å². The summed E-state index contributed by atoms with van der Waals surface area (Å²) >= 11 is 3.07. The van der Waals surface area contributed by atoms with E-state index in [9.17, 15) is 18.0 Å². The number of halogens is 4. The minimum atomic E-state index is -4.93. The second-order valence-electron chi connectivity index (χ2n) is 4.04. The third-order valence-electron chi connectivity index (χ3n) is 2.57. The number of benzene rings is 1. The summed E-state index contributed by atoms with van der Waals surface area (Å²) in [5, 5.41) is 0. The van der Waals surface area contributed by atoms with Crippen LogP contribution in [0.2, 0.25) is 0 Å². The first-order chi connectivity index (χ1) is 10.2. The Hall–Kier alpha value is -2.36. The molecule has 2 rings (SSSR count). The second-order valence-corrected chi connectivity index (χ2v) is 4.85. The first kappa shape index (κ1) is 16.0. The van der Waals surface area contributed by atoms with Crippen molar-refractivity contribution >= 4 is 27.5 Å². The zero-order chi connectivity index (χ0) is 16.5. The average molecular weight is 377 g/mol. The predicted octanol–water partition coefficient (Wildman–Crippen LogP) is 2.49. The lowest BCUT2D eigenvalue weighted by Crippen LogP contribution is -2.19. The Morgan fingerprint density at radius 3 is 2.41 bits per heavy atom. The van der Waals surface area contributed by atoms with Crippen LogP contribution >= 0.6 is 15.9 Å². The minimum Gasteiger partial charge on any atom is -0.404 e. The van der Waals surface area contributed by atoms with Gasteiger partial charge in [-0.15, -0.1) is 13.2 Å². The lowest BCUT2D eigenvalue weighted by atomic mass is 10.0. The van der Waals surface area contributed by atoms with Gasteiger partial charge in [0.1, 0.15) is 4.60 Å². The minimum absolute atomic E-state index is 0.0748. The number of nitrogens with zero attached hydrogens (tertiary/aromatic N) is 2. The summed E-state index contributed by atoms with van der Waals surface area (Å²) in [7, 11) is 0. The monoisotopic (exact) mass is 376 g/mol. The van der Waals surface area contributed by atoms with E-state index in [1.807, 2.05) is 0 Å². The number of hydrogen-bond acceptors (Lipinski definition) is 5. The molecule has 0 fully saturated rings. The number of hydrogen-bond donors (Lipinski definition) is 2. The van der Waals surface area contributed by atoms with Gasteiger partial charge in [-0.1, -0.05) is 0 Å². The number of ether oxygens (including phenoxy) is 1. The molecule has 0 aliphatic carbocycles. The van der Waals surface area contributed by atoms with Crippen molar-refractivity contribution in [2.75, 3.05) is 5.73 Å². The Kier molecular flexibility index (Phi) is 4.22. The summed E-state index contributed by atoms with van der Waals surface area (Å²) in [4.78, 5) is 19.3. The van der Waals surface area contributed by atoms with Crippen LogP contribution in [0.3, 0.4) is 0 Å². The summed E-state index contributed by atoms with van der Waals surface area (Å²) in [6.07, 6.45) is -2.39. The maximum absolute atomic E-state index is 12.4. The highest BCUT2D eigenvalue weighted by molar-refractivity contribution is 9.10. The molecule has 1 aromatic heterocycles. The highest BCUT2D eigenvalue weighted by Crippen LogP contribution is 2.37. The fraction of sp³-hybridized carbons (Fsp3) is 0.0833. The molecule has 0 unspecified atom stereocenters. The van der Waals surface area contributed by atoms with Crippen molar-refractivity contribution in [2.24, 2.45) is 5.73 Å². The van der Waals surface area contributed by atoms with E-state index < -0.39 is 23.7 Å². The molecule has 116 valence electrons. The van der Waals surface area contributed by atoms with Gasteiger partial charge in [-0.25, -0.2) is 4.98 Å². The molecule has 22 heavy (non-hydrogen) atoms. The normalized spacial score (nSPS) is 11.3. The topological polar surface area (TPSA) is 104 Å². The molecule has 2 aromatic rings. The van der Waals surface area contributed by atoms with Gasteiger partial charge in [-0.05, 0) is 28.1 Å². The van der Waals surface area contributed by atoms with Crippen molar-refractivity contribution in [1.82, 2.24) is 9.97 Å². The number of aromatic nitrogens is 2. The Balaban J connectivity index is 2.64. The summed E-state index contributed by atoms with van der Waals surface area (Å²) < 4.78 is 41.3. The number of primary amides is 1. The molecule has 0 aliphatic rings. The van der Waals surface area contributed by atoms with Gasteiger partial charge in [0.2, 0.25) is 5.91 Å². The molecule has 0 saturated carbocycles. The highest BCUT2D eigenvalue weighted by Gasteiger charge is 2.33. The average Bonchev–Trinajstić information content (AvgIpc) is 2.40. The molecule has 0 spiro atoms. The maximum Gasteiger partial charge on any atom is 0.573 e. The number of carbonyl (C=O) groups excluding carboxylic acids is 1. The quantitative estimate of drug-likeness (QED) is 0.800. The molecule has 1 heterocycles. The van der Waals surface area contributed by atoms with Crippen LogP contribution in [-0.2, 0) is 0 Å². The molecule has 6 nitrogen and oxygen atoms in total. The van der Waals surface area contributed by atoms with Crippen LogP contribution in [0.15, 0.2) is 29.1 Å². The molecule has 4 N–H and O–H groups in total. The van der Waals surface area contributed by atoms with Crippen molar-refractivity contribution in [3.63, 3.8) is 0 Å². The van der Waals surface area contributed by atoms with E-state index in [2.05, 4.69) is 30.6 Å². The summed E-state index contributed by atoms with van der Waals surface area (Å²) in [5.74, 6) is -1.53. The highest BCUT2D eigenvalue weighted by atomic mass is 79.9. The van der Waals surface area contributed by atoms with Gasteiger partial charge in [0.25, 0.3) is 0 Å². The molecular weight excluding hydrogens is 369 g/mol. The van der Waals surface area contributed by atoms with Crippen LogP contribution < -0.4 is 16.2 Å². The number of nitrogens with two attached hydrogens (primary N) is 2. The van der Waals surface area contributed by atoms with E-state index in [-0.39, 0.29) is 16.8 Å². The number of carbonyl (C=O) groups is 1. The van der Waals surface area contributed by atoms with Gasteiger partial charge in [-0.2, -0.15) is 0 Å². The Morgan fingerprint density at radius 1 is 1.23 bits per heavy atom. The van der Waals surface area contributed by atoms with E-state index in [0.29, 0.717) is 4.60 Å². The van der Waals surface area contributed by atoms with Crippen molar-refractivity contribution in [2.45, 2.75) is 6.36 Å². The zero-order valence-corrected chi connectivity index (χ0v) is 12.3. The Bertz CT molecular complexity index is 720. The fourth-order valence-electron chi connectivity index (χ4n) is 1.74. The maximum atomic E-state index is 12.4. The van der Waals surface area contributed by atoms with E-state index in [0.717, 1.165) is 12.1 Å². The molecule has 0 atom stereocenters. The van der Waals surface area contributed by atoms with Gasteiger partial charge in [0, 0.05) is 5.56 Å². The molecule has 1 aromatic carbocycles. The number of amides is 1. The third kappa shape index (κ3) is 3.45. The molecule has 0 aliphatic heterocycles. The second kappa shape index (κ2) is 5.79. The van der Waals surface area contributed by atoms with Gasteiger partial charge in [0.15, 0.2) is 5.75 Å². The van der Waals surface area contributed by atoms with Crippen molar-refractivity contribution in [1.29, 1.82) is 0 Å². The van der Waals surface area contributed by atoms with Crippen LogP contribution in [0, 0.1) is 0 Å². The van der Waals surface area contributed by atoms with Crippen molar-refractivity contribution in [3.8, 4) is 17.0 Å². The van der Waals surface area contributed by atoms with Gasteiger partial charge < -0.3 is 16.2 Å². The standard InChI is InChI=1S/C12H8BrF3N4O2/c13-8-4-19-6(3-20-8)9-5(11(18)21)1-2-7(10(9)17)22-12(14,15)16/h1-4H,17H2,(H2,18,21). The van der Waals surface area contributed by atoms with Crippen LogP contribution in [0.25, 0.3) is 11.3 Å². The van der Waals surface area contributed by atoms with Crippen molar-refractivity contribution < 1.29 is 22.7 Å². The van der Waals surface area contributed by atoms with Crippen LogP contribution in [0.1, 0.15) is 10.4 Å². The largest absolute Gasteiger partial charge is 0.573 e. The first-order valence-corrected chi connectivity index (χ1v) is 6.44. The molecule has 0 bridgehead atoms. The zero-order valence-electron chi connectivity index (χ0n) is 10.7. The third-order valence-corrected chi connectivity index (χ3v) is 2.98. The summed E-state index contributed by atoms with van der Waals surface area (Å²) in [6, 6.07) is 2.00. The Morgan fingerprint density at radius 2 is 1.91 bits per heavy atom. The molecule has 1 amide bonds. The van der Waals surface area contributed by atoms with Crippen LogP contribution in [-0.4, -0.2) is 22.2 Å². The number of alkyl halides is 3. The molecule has 10 heteroatoms.